The molecule has 4 saturated heterocycles. The number of primary amides is 1. The Labute approximate surface area is 545 Å². The molecule has 5 heterocycles. The number of carbonyl (C=O) groups excluding carboxylic acids is 12. The average Bonchev–Trinajstić information content (AvgIpc) is 2.21. The molecule has 0 saturated carbocycles. The minimum Gasteiger partial charge on any atom is -0.481 e. The quantitative estimate of drug-likeness (QED) is 0.0408. The molecule has 10 amide bonds. The molecule has 4 aliphatic heterocycles. The Kier molecular flexibility index (Phi) is 27.8. The van der Waals surface area contributed by atoms with Gasteiger partial charge in [0.15, 0.2) is 20.3 Å². The maximum Gasteiger partial charge on any atom is 0.305 e. The van der Waals surface area contributed by atoms with Crippen molar-refractivity contribution in [2.24, 2.45) is 34.8 Å². The first kappa shape index (κ1) is 73.4. The average molecular weight is 1360 g/mol. The van der Waals surface area contributed by atoms with Crippen LogP contribution in [0.5, 0.6) is 0 Å². The lowest BCUT2D eigenvalue weighted by Gasteiger charge is -2.35. The maximum absolute atomic E-state index is 15.1. The highest BCUT2D eigenvalue weighted by Gasteiger charge is 2.45. The third-order valence-corrected chi connectivity index (χ3v) is 23.3. The summed E-state index contributed by atoms with van der Waals surface area (Å²) in [6.45, 7) is -0.473. The van der Waals surface area contributed by atoms with Gasteiger partial charge in [-0.15, -0.1) is 47.0 Å². The molecule has 92 heavy (non-hydrogen) atoms. The van der Waals surface area contributed by atoms with E-state index < -0.39 is 195 Å². The molecule has 6 rings (SSSR count). The summed E-state index contributed by atoms with van der Waals surface area (Å²) in [5, 5.41) is 60.1. The number of carbonyl (C=O) groups is 13. The fourth-order valence-corrected chi connectivity index (χ4v) is 17.5. The number of aliphatic hydroxyl groups is 1. The first-order valence-electron chi connectivity index (χ1n) is 29.8. The highest BCUT2D eigenvalue weighted by atomic mass is 32.3. The van der Waals surface area contributed by atoms with Gasteiger partial charge >= 0.3 is 5.97 Å². The zero-order chi connectivity index (χ0) is 67.4. The lowest BCUT2D eigenvalue weighted by atomic mass is 9.92. The molecule has 1 spiro atoms. The van der Waals surface area contributed by atoms with Crippen LogP contribution in [0.4, 0.5) is 0 Å². The van der Waals surface area contributed by atoms with Gasteiger partial charge in [-0.25, -0.2) is 0 Å². The van der Waals surface area contributed by atoms with E-state index in [2.05, 4.69) is 52.8 Å². The largest absolute Gasteiger partial charge is 0.481 e. The van der Waals surface area contributed by atoms with Crippen LogP contribution in [0.3, 0.4) is 0 Å². The van der Waals surface area contributed by atoms with Crippen molar-refractivity contribution in [3.63, 3.8) is 0 Å². The van der Waals surface area contributed by atoms with E-state index >= 15 is 9.59 Å². The SMILES string of the molecule is C[C@@H]1NC(=O)[C@@H]2CSC3(SC[C@H](CC(=O)[C@@H](NC(=O)CN)CS3)C(=O)N[C@@H](CO)C(=O)N[C@@H](CC(=O)O)C(=O)N3CCCC3C(=O)N[C@@H](CCCNC(=N)N)C(=O)N2)SC[C@@H](C(N)=O)NC(=O)[C@H](CCCCC(=N)N)NC(=O)[C@H](Cc2cc3ccccc3[nH]2)CC1=O. The van der Waals surface area contributed by atoms with Crippen molar-refractivity contribution in [1.29, 1.82) is 10.8 Å². The molecule has 1 aromatic heterocycles. The fraction of sp³-hybridized carbons (Fsp3) is 0.589. The predicted octanol–water partition coefficient (Wildman–Crippen LogP) is -3.99. The number of hydrogen-bond acceptors (Lipinski definition) is 21. The van der Waals surface area contributed by atoms with Crippen molar-refractivity contribution in [2.75, 3.05) is 49.3 Å². The topological polar surface area (TPSA) is 541 Å². The van der Waals surface area contributed by atoms with Gasteiger partial charge in [-0.1, -0.05) is 24.6 Å². The van der Waals surface area contributed by atoms with Gasteiger partial charge in [0.2, 0.25) is 59.1 Å². The van der Waals surface area contributed by atoms with Crippen LogP contribution < -0.4 is 70.8 Å². The smallest absolute Gasteiger partial charge is 0.305 e. The van der Waals surface area contributed by atoms with Crippen LogP contribution in [-0.4, -0.2) is 215 Å². The van der Waals surface area contributed by atoms with Crippen LogP contribution in [0.25, 0.3) is 10.9 Å². The van der Waals surface area contributed by atoms with Crippen LogP contribution in [0.15, 0.2) is 30.3 Å². The number of Topliss-reactive ketones (excluding diaryl/α,β-unsaturated/α-hetero) is 2. The first-order valence-corrected chi connectivity index (χ1v) is 33.8. The Morgan fingerprint density at radius 3 is 2.03 bits per heavy atom. The number of guanidine groups is 1. The molecule has 32 nitrogen and oxygen atoms in total. The normalized spacial score (nSPS) is 28.1. The van der Waals surface area contributed by atoms with Gasteiger partial charge in [-0.3, -0.25) is 73.1 Å². The highest BCUT2D eigenvalue weighted by Crippen LogP contribution is 2.57. The van der Waals surface area contributed by atoms with E-state index in [1.165, 1.54) is 6.92 Å². The summed E-state index contributed by atoms with van der Waals surface area (Å²) in [6.07, 6.45) is -1.57. The standard InChI is InChI=1S/C56H81N17O15S4/c1-27-41(75)18-29(17-31-16-28-8-2-3-9-32(28)65-31)47(81)67-33(10-4-5-13-43(58)59)49(83)71-38(46(60)80)25-91-56-89-23-30(19-42(76)37(24-90-56)66-44(77)21-57)48(82)70-36(22-74)51(85)69-35(20-45(78)79)54(88)73-15-7-12-40(73)53(87)68-34(11-6-14-63-55(61)62)50(84)72-39(26-92-56)52(86)64-27/h2-3,8-9,16,27,29-30,33-40,65,74H,4-7,10-15,17-26,57H2,1H3,(H3,58,59)(H2,60,80)(H,64,86)(H,66,77)(H,67,81)(H,68,87)(H,69,85)(H,70,82)(H,71,83)(H,72,84)(H,78,79)(H4,61,62,63)/t27-,29+,30-,33-,34-,35-,36-,37-,38-,39-,40?,56?/m0/s1. The summed E-state index contributed by atoms with van der Waals surface area (Å²) in [7, 11) is 0. The van der Waals surface area contributed by atoms with E-state index in [1.54, 1.807) is 12.1 Å². The molecule has 1 aromatic carbocycles. The summed E-state index contributed by atoms with van der Waals surface area (Å²) < 4.78 is -1.60. The highest BCUT2D eigenvalue weighted by molar-refractivity contribution is 8.47. The molecule has 0 radical (unpaired) electrons. The van der Waals surface area contributed by atoms with Crippen LogP contribution in [-0.2, 0) is 68.7 Å². The predicted molar refractivity (Wildman–Crippen MR) is 344 cm³/mol. The number of nitrogens with zero attached hydrogens (tertiary/aromatic N) is 1. The van der Waals surface area contributed by atoms with Gasteiger partial charge < -0.3 is 90.9 Å². The number of aliphatic hydroxyl groups excluding tert-OH is 1. The molecule has 12 atom stereocenters. The number of carboxylic acid groups (broad SMARTS) is 1. The number of thioether (sulfide) groups is 4. The molecule has 2 unspecified atom stereocenters. The number of aromatic amines is 1. The second-order valence-corrected chi connectivity index (χ2v) is 29.1. The van der Waals surface area contributed by atoms with Gasteiger partial charge in [0.05, 0.1) is 49.3 Å². The second kappa shape index (κ2) is 34.8. The van der Waals surface area contributed by atoms with Crippen LogP contribution in [0, 0.1) is 22.7 Å². The van der Waals surface area contributed by atoms with E-state index in [9.17, 15) is 63.0 Å². The van der Waals surface area contributed by atoms with Gasteiger partial charge in [0.25, 0.3) is 0 Å². The second-order valence-electron chi connectivity index (χ2n) is 22.6. The number of para-hydroxylation sites is 1. The molecule has 22 N–H and O–H groups in total. The molecular formula is C56H81N17O15S4. The molecule has 3 bridgehead atoms. The van der Waals surface area contributed by atoms with Crippen LogP contribution in [0.2, 0.25) is 0 Å². The monoisotopic (exact) mass is 1360 g/mol. The Bertz CT molecular complexity index is 3090. The first-order chi connectivity index (χ1) is 43.7. The number of H-pyrrole nitrogens is 1. The zero-order valence-electron chi connectivity index (χ0n) is 50.5. The van der Waals surface area contributed by atoms with Gasteiger partial charge in [-0.05, 0) is 69.4 Å². The number of amidine groups is 1. The van der Waals surface area contributed by atoms with E-state index in [0.29, 0.717) is 12.1 Å². The third-order valence-electron chi connectivity index (χ3n) is 15.6. The lowest BCUT2D eigenvalue weighted by molar-refractivity contribution is -0.146. The van der Waals surface area contributed by atoms with Crippen LogP contribution >= 0.6 is 47.0 Å². The van der Waals surface area contributed by atoms with Crippen molar-refractivity contribution in [3.05, 3.63) is 36.0 Å². The number of aromatic nitrogens is 1. The van der Waals surface area contributed by atoms with Crippen LogP contribution in [0.1, 0.15) is 83.2 Å². The molecular weight excluding hydrogens is 1280 g/mol. The number of carboxylic acids is 1. The van der Waals surface area contributed by atoms with Crippen molar-refractivity contribution < 1.29 is 72.5 Å². The van der Waals surface area contributed by atoms with Gasteiger partial charge in [-0.2, -0.15) is 0 Å². The summed E-state index contributed by atoms with van der Waals surface area (Å²) in [4.78, 5) is 189. The van der Waals surface area contributed by atoms with Gasteiger partial charge in [0.1, 0.15) is 42.3 Å². The molecule has 36 heteroatoms. The number of rotatable bonds is 17. The number of nitrogens with two attached hydrogens (primary N) is 4. The summed E-state index contributed by atoms with van der Waals surface area (Å²) in [5.74, 6) is -17.4. The van der Waals surface area contributed by atoms with E-state index in [1.807, 2.05) is 18.2 Å². The van der Waals surface area contributed by atoms with Crippen molar-refractivity contribution in [3.8, 4) is 0 Å². The number of hydrogen-bond donors (Lipinski definition) is 18. The van der Waals surface area contributed by atoms with E-state index in [4.69, 9.17) is 33.8 Å². The number of amides is 10. The number of ketones is 2. The Hall–Kier alpha value is -7.67. The molecule has 4 aliphatic rings. The van der Waals surface area contributed by atoms with E-state index in [0.717, 1.165) is 62.9 Å². The number of aliphatic carboxylic acids is 1. The molecule has 2 aromatic rings. The van der Waals surface area contributed by atoms with Gasteiger partial charge in [0, 0.05) is 66.6 Å². The summed E-state index contributed by atoms with van der Waals surface area (Å²) in [5.41, 5.74) is 24.2. The Morgan fingerprint density at radius 2 is 1.36 bits per heavy atom. The lowest BCUT2D eigenvalue weighted by Crippen LogP contribution is -2.60. The molecule has 504 valence electrons. The van der Waals surface area contributed by atoms with Crippen molar-refractivity contribution in [2.45, 2.75) is 141 Å². The fourth-order valence-electron chi connectivity index (χ4n) is 10.5. The number of unbranched alkanes of at least 4 members (excludes halogenated alkanes) is 1. The number of nitrogens with one attached hydrogen (secondary N) is 12. The minimum atomic E-state index is -1.89. The third kappa shape index (κ3) is 21.5. The Balaban J connectivity index is 1.52. The summed E-state index contributed by atoms with van der Waals surface area (Å²) >= 11 is 3.79. The molecule has 4 fully saturated rings. The minimum absolute atomic E-state index is 0.00339. The summed E-state index contributed by atoms with van der Waals surface area (Å²) in [6, 6.07) is -5.07. The van der Waals surface area contributed by atoms with Crippen molar-refractivity contribution >= 4 is 146 Å². The molecule has 0 aliphatic carbocycles. The maximum atomic E-state index is 15.1. The Morgan fingerprint density at radius 1 is 0.717 bits per heavy atom. The van der Waals surface area contributed by atoms with Crippen molar-refractivity contribution in [1.82, 2.24) is 57.7 Å². The van der Waals surface area contributed by atoms with E-state index in [-0.39, 0.29) is 81.8 Å². The number of fused-ring (bicyclic) bond motifs is 6. The number of benzene rings is 1. The zero-order valence-corrected chi connectivity index (χ0v) is 53.7.